The molecule has 1 atom stereocenters. The van der Waals surface area contributed by atoms with Gasteiger partial charge in [0.1, 0.15) is 0 Å². The van der Waals surface area contributed by atoms with Gasteiger partial charge in [-0.2, -0.15) is 0 Å². The van der Waals surface area contributed by atoms with Crippen molar-refractivity contribution in [1.29, 1.82) is 0 Å². The number of amides is 1. The van der Waals surface area contributed by atoms with Crippen LogP contribution < -0.4 is 5.32 Å². The third kappa shape index (κ3) is 6.21. The van der Waals surface area contributed by atoms with E-state index in [4.69, 9.17) is 0 Å². The number of carbonyl (C=O) groups is 1. The van der Waals surface area contributed by atoms with E-state index in [1.165, 1.54) is 0 Å². The molecule has 1 aromatic carbocycles. The lowest BCUT2D eigenvalue weighted by molar-refractivity contribution is 0.0868. The molecule has 0 saturated heterocycles. The van der Waals surface area contributed by atoms with Gasteiger partial charge in [0.05, 0.1) is 6.10 Å². The predicted octanol–water partition coefficient (Wildman–Crippen LogP) is 3.28. The van der Waals surface area contributed by atoms with Crippen molar-refractivity contribution in [3.05, 3.63) is 33.8 Å². The number of rotatable bonds is 4. The molecular weight excluding hydrogens is 306 g/mol. The number of hydrogen-bond acceptors (Lipinski definition) is 2. The average Bonchev–Trinajstić information content (AvgIpc) is 2.22. The Morgan fingerprint density at radius 2 is 2.00 bits per heavy atom. The monoisotopic (exact) mass is 327 g/mol. The average molecular weight is 328 g/mol. The molecule has 1 aromatic rings. The smallest absolute Gasteiger partial charge is 0.251 e. The summed E-state index contributed by atoms with van der Waals surface area (Å²) >= 11 is 3.37. The largest absolute Gasteiger partial charge is 0.391 e. The van der Waals surface area contributed by atoms with Crippen LogP contribution in [0.15, 0.2) is 22.7 Å². The van der Waals surface area contributed by atoms with Gasteiger partial charge in [0.15, 0.2) is 0 Å². The van der Waals surface area contributed by atoms with Crippen LogP contribution in [0.5, 0.6) is 0 Å². The van der Waals surface area contributed by atoms with Crippen LogP contribution in [0.1, 0.15) is 43.1 Å². The normalized spacial score (nSPS) is 13.2. The van der Waals surface area contributed by atoms with Crippen LogP contribution in [0.2, 0.25) is 0 Å². The Morgan fingerprint density at radius 1 is 1.37 bits per heavy atom. The second-order valence-electron chi connectivity index (χ2n) is 6.15. The molecule has 0 aliphatic rings. The van der Waals surface area contributed by atoms with Crippen molar-refractivity contribution in [1.82, 2.24) is 5.32 Å². The van der Waals surface area contributed by atoms with Crippen molar-refractivity contribution in [3.8, 4) is 0 Å². The zero-order chi connectivity index (χ0) is 14.6. The minimum absolute atomic E-state index is 0.0521. The van der Waals surface area contributed by atoms with Gasteiger partial charge in [-0.15, -0.1) is 0 Å². The molecule has 0 spiro atoms. The Kier molecular flexibility index (Phi) is 5.56. The van der Waals surface area contributed by atoms with Gasteiger partial charge in [-0.25, -0.2) is 0 Å². The highest BCUT2D eigenvalue weighted by Crippen LogP contribution is 2.20. The summed E-state index contributed by atoms with van der Waals surface area (Å²) in [7, 11) is 0. The van der Waals surface area contributed by atoms with Crippen molar-refractivity contribution in [3.63, 3.8) is 0 Å². The van der Waals surface area contributed by atoms with E-state index in [0.717, 1.165) is 10.0 Å². The maximum absolute atomic E-state index is 12.0. The van der Waals surface area contributed by atoms with E-state index >= 15 is 0 Å². The number of hydrogen-bond donors (Lipinski definition) is 2. The van der Waals surface area contributed by atoms with Crippen molar-refractivity contribution < 1.29 is 9.90 Å². The highest BCUT2D eigenvalue weighted by molar-refractivity contribution is 9.10. The van der Waals surface area contributed by atoms with Gasteiger partial charge >= 0.3 is 0 Å². The molecule has 0 aromatic heterocycles. The zero-order valence-electron chi connectivity index (χ0n) is 12.0. The molecule has 4 heteroatoms. The fourth-order valence-electron chi connectivity index (χ4n) is 1.96. The summed E-state index contributed by atoms with van der Waals surface area (Å²) in [6.45, 7) is 8.42. The molecule has 1 rings (SSSR count). The van der Waals surface area contributed by atoms with Crippen LogP contribution in [0.4, 0.5) is 0 Å². The minimum Gasteiger partial charge on any atom is -0.391 e. The van der Waals surface area contributed by atoms with Crippen LogP contribution in [0, 0.1) is 12.3 Å². The maximum Gasteiger partial charge on any atom is 0.251 e. The fourth-order valence-corrected chi connectivity index (χ4v) is 2.57. The predicted molar refractivity (Wildman–Crippen MR) is 81.3 cm³/mol. The molecule has 1 amide bonds. The first-order valence-electron chi connectivity index (χ1n) is 6.41. The van der Waals surface area contributed by atoms with Gasteiger partial charge < -0.3 is 10.4 Å². The van der Waals surface area contributed by atoms with Crippen LogP contribution in [0.25, 0.3) is 0 Å². The lowest BCUT2D eigenvalue weighted by atomic mass is 9.89. The summed E-state index contributed by atoms with van der Waals surface area (Å²) in [6, 6.07) is 5.56. The van der Waals surface area contributed by atoms with E-state index in [1.54, 1.807) is 6.07 Å². The van der Waals surface area contributed by atoms with Crippen LogP contribution in [-0.2, 0) is 0 Å². The van der Waals surface area contributed by atoms with Crippen LogP contribution in [0.3, 0.4) is 0 Å². The van der Waals surface area contributed by atoms with Crippen LogP contribution in [-0.4, -0.2) is 23.7 Å². The lowest BCUT2D eigenvalue weighted by Gasteiger charge is -2.22. The molecule has 0 radical (unpaired) electrons. The Balaban J connectivity index is 2.56. The number of halogens is 1. The molecule has 0 saturated carbocycles. The number of aryl methyl sites for hydroxylation is 1. The van der Waals surface area contributed by atoms with Crippen LogP contribution >= 0.6 is 15.9 Å². The SMILES string of the molecule is Cc1cc(Br)cc(C(=O)NCC(O)CC(C)(C)C)c1. The number of aliphatic hydroxyl groups excluding tert-OH is 1. The topological polar surface area (TPSA) is 49.3 Å². The van der Waals surface area contributed by atoms with E-state index in [0.29, 0.717) is 12.0 Å². The van der Waals surface area contributed by atoms with Gasteiger partial charge in [-0.3, -0.25) is 4.79 Å². The first kappa shape index (κ1) is 16.2. The first-order valence-corrected chi connectivity index (χ1v) is 7.20. The summed E-state index contributed by atoms with van der Waals surface area (Å²) < 4.78 is 0.882. The molecular formula is C15H22BrNO2. The highest BCUT2D eigenvalue weighted by atomic mass is 79.9. The zero-order valence-corrected chi connectivity index (χ0v) is 13.5. The number of carbonyl (C=O) groups excluding carboxylic acids is 1. The lowest BCUT2D eigenvalue weighted by Crippen LogP contribution is -2.34. The molecule has 2 N–H and O–H groups in total. The van der Waals surface area contributed by atoms with E-state index in [2.05, 4.69) is 42.0 Å². The van der Waals surface area contributed by atoms with E-state index in [1.807, 2.05) is 19.1 Å². The Hall–Kier alpha value is -0.870. The minimum atomic E-state index is -0.516. The third-order valence-corrected chi connectivity index (χ3v) is 3.11. The molecule has 0 bridgehead atoms. The Labute approximate surface area is 123 Å². The quantitative estimate of drug-likeness (QED) is 0.891. The summed E-state index contributed by atoms with van der Waals surface area (Å²) in [5.74, 6) is -0.155. The van der Waals surface area contributed by atoms with Gasteiger partial charge in [0, 0.05) is 16.6 Å². The van der Waals surface area contributed by atoms with E-state index < -0.39 is 6.10 Å². The van der Waals surface area contributed by atoms with E-state index in [9.17, 15) is 9.90 Å². The van der Waals surface area contributed by atoms with Gasteiger partial charge in [-0.1, -0.05) is 36.7 Å². The highest BCUT2D eigenvalue weighted by Gasteiger charge is 2.17. The van der Waals surface area contributed by atoms with Gasteiger partial charge in [0.25, 0.3) is 5.91 Å². The molecule has 3 nitrogen and oxygen atoms in total. The first-order chi connectivity index (χ1) is 8.67. The van der Waals surface area contributed by atoms with E-state index in [-0.39, 0.29) is 17.9 Å². The van der Waals surface area contributed by atoms with Crippen molar-refractivity contribution >= 4 is 21.8 Å². The number of aliphatic hydroxyl groups is 1. The Morgan fingerprint density at radius 3 is 2.53 bits per heavy atom. The second-order valence-corrected chi connectivity index (χ2v) is 7.06. The summed E-state index contributed by atoms with van der Waals surface area (Å²) in [5, 5.41) is 12.6. The molecule has 0 fully saturated rings. The summed E-state index contributed by atoms with van der Waals surface area (Å²) in [5.41, 5.74) is 1.68. The molecule has 19 heavy (non-hydrogen) atoms. The maximum atomic E-state index is 12.0. The second kappa shape index (κ2) is 6.53. The summed E-state index contributed by atoms with van der Waals surface area (Å²) in [6.07, 6.45) is 0.141. The molecule has 0 heterocycles. The van der Waals surface area contributed by atoms with Crippen molar-refractivity contribution in [2.24, 2.45) is 5.41 Å². The fraction of sp³-hybridized carbons (Fsp3) is 0.533. The number of benzene rings is 1. The van der Waals surface area contributed by atoms with Crippen molar-refractivity contribution in [2.75, 3.05) is 6.54 Å². The Bertz CT molecular complexity index is 432. The summed E-state index contributed by atoms with van der Waals surface area (Å²) in [4.78, 5) is 12.0. The van der Waals surface area contributed by atoms with Gasteiger partial charge in [0.2, 0.25) is 0 Å². The molecule has 0 aliphatic carbocycles. The molecule has 0 aliphatic heterocycles. The third-order valence-electron chi connectivity index (χ3n) is 2.65. The molecule has 1 unspecified atom stereocenters. The van der Waals surface area contributed by atoms with Crippen molar-refractivity contribution in [2.45, 2.75) is 40.2 Å². The van der Waals surface area contributed by atoms with Gasteiger partial charge in [-0.05, 0) is 42.5 Å². The molecule has 106 valence electrons. The standard InChI is InChI=1S/C15H22BrNO2/c1-10-5-11(7-12(16)6-10)14(19)17-9-13(18)8-15(2,3)4/h5-7,13,18H,8-9H2,1-4H3,(H,17,19). The number of nitrogens with one attached hydrogen (secondary N) is 1.